The van der Waals surface area contributed by atoms with E-state index in [1.807, 2.05) is 31.2 Å². The molecule has 0 radical (unpaired) electrons. The molecule has 0 saturated heterocycles. The van der Waals surface area contributed by atoms with E-state index in [9.17, 15) is 9.90 Å². The first kappa shape index (κ1) is 21.5. The Morgan fingerprint density at radius 1 is 1.21 bits per heavy atom. The van der Waals surface area contributed by atoms with Crippen molar-refractivity contribution in [1.29, 1.82) is 0 Å². The van der Waals surface area contributed by atoms with Gasteiger partial charge in [-0.2, -0.15) is 0 Å². The molecule has 0 saturated carbocycles. The third-order valence-corrected chi connectivity index (χ3v) is 4.40. The molecule has 150 valence electrons. The third-order valence-electron chi connectivity index (χ3n) is 4.40. The highest BCUT2D eigenvalue weighted by atomic mass is 16.5. The van der Waals surface area contributed by atoms with Gasteiger partial charge in [0.1, 0.15) is 12.4 Å². The summed E-state index contributed by atoms with van der Waals surface area (Å²) in [5.41, 5.74) is 7.72. The third kappa shape index (κ3) is 6.72. The van der Waals surface area contributed by atoms with E-state index in [-0.39, 0.29) is 25.0 Å². The zero-order chi connectivity index (χ0) is 20.4. The SMILES string of the molecule is C[C@@H](CC/C=C/C(=O)Nc1ccccc1N)[C@H](O)c1ccc(OCCO)cc1. The van der Waals surface area contributed by atoms with E-state index in [0.29, 0.717) is 23.5 Å². The van der Waals surface area contributed by atoms with Gasteiger partial charge in [0, 0.05) is 0 Å². The van der Waals surface area contributed by atoms with Crippen LogP contribution in [0.4, 0.5) is 11.4 Å². The van der Waals surface area contributed by atoms with Crippen molar-refractivity contribution in [3.8, 4) is 5.75 Å². The number of allylic oxidation sites excluding steroid dienone is 1. The summed E-state index contributed by atoms with van der Waals surface area (Å²) in [5, 5.41) is 22.0. The first-order valence-electron chi connectivity index (χ1n) is 9.35. The molecule has 6 heteroatoms. The summed E-state index contributed by atoms with van der Waals surface area (Å²) in [5.74, 6) is 0.455. The van der Waals surface area contributed by atoms with Crippen molar-refractivity contribution in [1.82, 2.24) is 0 Å². The van der Waals surface area contributed by atoms with Crippen molar-refractivity contribution in [2.75, 3.05) is 24.3 Å². The smallest absolute Gasteiger partial charge is 0.248 e. The first-order chi connectivity index (χ1) is 13.5. The number of carbonyl (C=O) groups excluding carboxylic acids is 1. The lowest BCUT2D eigenvalue weighted by molar-refractivity contribution is -0.111. The van der Waals surface area contributed by atoms with Crippen LogP contribution >= 0.6 is 0 Å². The summed E-state index contributed by atoms with van der Waals surface area (Å²) in [6.07, 6.45) is 4.09. The maximum absolute atomic E-state index is 11.9. The van der Waals surface area contributed by atoms with Crippen LogP contribution in [0.3, 0.4) is 0 Å². The Kier molecular flexibility index (Phi) is 8.52. The largest absolute Gasteiger partial charge is 0.491 e. The molecule has 0 aliphatic rings. The van der Waals surface area contributed by atoms with Crippen LogP contribution < -0.4 is 15.8 Å². The van der Waals surface area contributed by atoms with Crippen LogP contribution in [0, 0.1) is 5.92 Å². The van der Waals surface area contributed by atoms with Crippen LogP contribution in [-0.2, 0) is 4.79 Å². The number of aliphatic hydroxyl groups excluding tert-OH is 2. The maximum atomic E-state index is 11.9. The van der Waals surface area contributed by atoms with Crippen LogP contribution in [0.2, 0.25) is 0 Å². The fraction of sp³-hybridized carbons (Fsp3) is 0.318. The molecule has 0 spiro atoms. The Morgan fingerprint density at radius 2 is 1.93 bits per heavy atom. The number of hydrogen-bond acceptors (Lipinski definition) is 5. The van der Waals surface area contributed by atoms with Gasteiger partial charge in [-0.05, 0) is 54.7 Å². The van der Waals surface area contributed by atoms with Gasteiger partial charge in [0.2, 0.25) is 5.91 Å². The first-order valence-corrected chi connectivity index (χ1v) is 9.35. The highest BCUT2D eigenvalue weighted by Crippen LogP contribution is 2.27. The van der Waals surface area contributed by atoms with Crippen LogP contribution in [0.1, 0.15) is 31.4 Å². The molecule has 0 aliphatic heterocycles. The van der Waals surface area contributed by atoms with Crippen molar-refractivity contribution in [2.45, 2.75) is 25.9 Å². The summed E-state index contributed by atoms with van der Waals surface area (Å²) in [7, 11) is 0. The normalized spacial score (nSPS) is 13.2. The lowest BCUT2D eigenvalue weighted by atomic mass is 9.93. The molecule has 2 aromatic rings. The highest BCUT2D eigenvalue weighted by molar-refractivity contribution is 6.01. The molecule has 2 rings (SSSR count). The molecule has 0 fully saturated rings. The van der Waals surface area contributed by atoms with Crippen molar-refractivity contribution in [3.63, 3.8) is 0 Å². The predicted octanol–water partition coefficient (Wildman–Crippen LogP) is 3.28. The molecule has 2 atom stereocenters. The van der Waals surface area contributed by atoms with Gasteiger partial charge in [-0.25, -0.2) is 0 Å². The van der Waals surface area contributed by atoms with E-state index in [1.54, 1.807) is 30.3 Å². The van der Waals surface area contributed by atoms with Crippen LogP contribution in [0.5, 0.6) is 5.75 Å². The van der Waals surface area contributed by atoms with Gasteiger partial charge >= 0.3 is 0 Å². The number of nitrogens with two attached hydrogens (primary N) is 1. The second-order valence-electron chi connectivity index (χ2n) is 6.62. The lowest BCUT2D eigenvalue weighted by Crippen LogP contribution is -2.10. The van der Waals surface area contributed by atoms with E-state index in [1.165, 1.54) is 6.08 Å². The Labute approximate surface area is 165 Å². The summed E-state index contributed by atoms with van der Waals surface area (Å²) < 4.78 is 5.32. The predicted molar refractivity (Wildman–Crippen MR) is 111 cm³/mol. The Bertz CT molecular complexity index is 774. The fourth-order valence-electron chi connectivity index (χ4n) is 2.75. The number of para-hydroxylation sites is 2. The average Bonchev–Trinajstić information content (AvgIpc) is 2.71. The van der Waals surface area contributed by atoms with Gasteiger partial charge in [0.25, 0.3) is 0 Å². The lowest BCUT2D eigenvalue weighted by Gasteiger charge is -2.19. The van der Waals surface area contributed by atoms with Crippen LogP contribution in [0.15, 0.2) is 60.7 Å². The molecule has 28 heavy (non-hydrogen) atoms. The molecule has 0 unspecified atom stereocenters. The molecule has 5 N–H and O–H groups in total. The number of carbonyl (C=O) groups is 1. The van der Waals surface area contributed by atoms with Crippen molar-refractivity contribution in [3.05, 3.63) is 66.2 Å². The quantitative estimate of drug-likeness (QED) is 0.372. The molecule has 2 aromatic carbocycles. The second-order valence-corrected chi connectivity index (χ2v) is 6.62. The standard InChI is InChI=1S/C22H28N2O4/c1-16(22(27)17-10-12-18(13-11-17)28-15-14-25)6-2-5-9-21(26)24-20-8-4-3-7-19(20)23/h3-5,7-13,16,22,25,27H,2,6,14-15,23H2,1H3,(H,24,26)/b9-5+/t16-,22-/m0/s1. The molecular formula is C22H28N2O4. The number of nitrogen functional groups attached to an aromatic ring is 1. The Balaban J connectivity index is 1.77. The molecule has 6 nitrogen and oxygen atoms in total. The minimum Gasteiger partial charge on any atom is -0.491 e. The summed E-state index contributed by atoms with van der Waals surface area (Å²) in [6.45, 7) is 2.18. The number of ether oxygens (including phenoxy) is 1. The minimum atomic E-state index is -0.599. The molecule has 1 amide bonds. The number of hydrogen-bond donors (Lipinski definition) is 4. The second kappa shape index (κ2) is 11.1. The maximum Gasteiger partial charge on any atom is 0.248 e. The molecule has 0 aliphatic carbocycles. The van der Waals surface area contributed by atoms with Crippen molar-refractivity contribution >= 4 is 17.3 Å². The van der Waals surface area contributed by atoms with Gasteiger partial charge < -0.3 is 26.0 Å². The number of amides is 1. The van der Waals surface area contributed by atoms with E-state index in [4.69, 9.17) is 15.6 Å². The van der Waals surface area contributed by atoms with E-state index >= 15 is 0 Å². The van der Waals surface area contributed by atoms with Gasteiger partial charge in [-0.15, -0.1) is 0 Å². The highest BCUT2D eigenvalue weighted by Gasteiger charge is 2.15. The van der Waals surface area contributed by atoms with E-state index in [0.717, 1.165) is 12.0 Å². The van der Waals surface area contributed by atoms with Gasteiger partial charge in [0.05, 0.1) is 24.1 Å². The number of anilines is 2. The van der Waals surface area contributed by atoms with Crippen molar-refractivity contribution < 1.29 is 19.7 Å². The monoisotopic (exact) mass is 384 g/mol. The summed E-state index contributed by atoms with van der Waals surface area (Å²) in [4.78, 5) is 11.9. The van der Waals surface area contributed by atoms with E-state index < -0.39 is 6.10 Å². The van der Waals surface area contributed by atoms with Gasteiger partial charge in [-0.3, -0.25) is 4.79 Å². The van der Waals surface area contributed by atoms with Crippen LogP contribution in [-0.4, -0.2) is 29.3 Å². The average molecular weight is 384 g/mol. The Morgan fingerprint density at radius 3 is 2.61 bits per heavy atom. The zero-order valence-corrected chi connectivity index (χ0v) is 16.0. The summed E-state index contributed by atoms with van der Waals surface area (Å²) in [6, 6.07) is 14.3. The molecule has 0 bridgehead atoms. The number of aliphatic hydroxyl groups is 2. The van der Waals surface area contributed by atoms with Crippen LogP contribution in [0.25, 0.3) is 0 Å². The topological polar surface area (TPSA) is 105 Å². The summed E-state index contributed by atoms with van der Waals surface area (Å²) >= 11 is 0. The fourth-order valence-corrected chi connectivity index (χ4v) is 2.75. The van der Waals surface area contributed by atoms with E-state index in [2.05, 4.69) is 5.32 Å². The molecule has 0 aromatic heterocycles. The number of rotatable bonds is 10. The molecule has 0 heterocycles. The minimum absolute atomic E-state index is 0.0293. The molecular weight excluding hydrogens is 356 g/mol. The number of nitrogens with one attached hydrogen (secondary N) is 1. The zero-order valence-electron chi connectivity index (χ0n) is 16.0. The number of benzene rings is 2. The van der Waals surface area contributed by atoms with Crippen molar-refractivity contribution in [2.24, 2.45) is 5.92 Å². The van der Waals surface area contributed by atoms with Gasteiger partial charge in [0.15, 0.2) is 0 Å². The Hall–Kier alpha value is -2.83. The van der Waals surface area contributed by atoms with Gasteiger partial charge in [-0.1, -0.05) is 37.3 Å².